The molecule has 8 heteroatoms. The van der Waals surface area contributed by atoms with Gasteiger partial charge in [0, 0.05) is 22.3 Å². The summed E-state index contributed by atoms with van der Waals surface area (Å²) in [7, 11) is 0. The lowest BCUT2D eigenvalue weighted by Crippen LogP contribution is -2.08. The molecule has 4 aromatic carbocycles. The Morgan fingerprint density at radius 3 is 1.41 bits per heavy atom. The van der Waals surface area contributed by atoms with Gasteiger partial charge in [0.1, 0.15) is 22.5 Å². The zero-order valence-corrected chi connectivity index (χ0v) is 21.7. The van der Waals surface area contributed by atoms with Gasteiger partial charge in [0.2, 0.25) is 0 Å². The van der Waals surface area contributed by atoms with Crippen molar-refractivity contribution in [1.82, 2.24) is 34.9 Å². The van der Waals surface area contributed by atoms with Gasteiger partial charge in [-0.05, 0) is 0 Å². The first-order valence-electron chi connectivity index (χ1n) is 13.0. The molecule has 0 fully saturated rings. The first kappa shape index (κ1) is 24.2. The zero-order valence-electron chi connectivity index (χ0n) is 21.7. The molecule has 0 spiro atoms. The van der Waals surface area contributed by atoms with E-state index in [1.54, 1.807) is 0 Å². The van der Waals surface area contributed by atoms with E-state index in [9.17, 15) is 4.79 Å². The van der Waals surface area contributed by atoms with Crippen LogP contribution in [0.3, 0.4) is 0 Å². The van der Waals surface area contributed by atoms with Crippen LogP contribution in [0, 0.1) is 0 Å². The normalized spacial score (nSPS) is 11.0. The Morgan fingerprint density at radius 1 is 0.463 bits per heavy atom. The fourth-order valence-electron chi connectivity index (χ4n) is 4.71. The van der Waals surface area contributed by atoms with E-state index in [0.29, 0.717) is 22.8 Å². The second-order valence-electron chi connectivity index (χ2n) is 9.29. The van der Waals surface area contributed by atoms with Crippen LogP contribution in [0.5, 0.6) is 0 Å². The molecular formula is C33H21N7O. The fraction of sp³-hybridized carbons (Fsp3) is 0. The fourth-order valence-corrected chi connectivity index (χ4v) is 4.71. The molecule has 0 N–H and O–H groups in total. The van der Waals surface area contributed by atoms with E-state index in [4.69, 9.17) is 9.97 Å². The third-order valence-corrected chi connectivity index (χ3v) is 6.68. The number of nitrogens with zero attached hydrogens (tertiary/aromatic N) is 7. The molecular weight excluding hydrogens is 510 g/mol. The standard InChI is InChI=1S/C33H21N7O/c41-32-26-21-34-40(31(26)35-27(22-13-5-1-6-14-22)28(36-32)23-15-7-2-8-16-23)33-37-29(24-17-9-3-10-18-24)30(38-39-33)25-19-11-4-12-20-25/h1-21H. The molecule has 7 rings (SSSR count). The number of benzene rings is 4. The Bertz CT molecular complexity index is 2050. The number of hydrogen-bond donors (Lipinski definition) is 0. The maximum atomic E-state index is 13.5. The van der Waals surface area contributed by atoms with Gasteiger partial charge >= 0.3 is 0 Å². The van der Waals surface area contributed by atoms with Crippen molar-refractivity contribution >= 4 is 11.0 Å². The third kappa shape index (κ3) is 4.53. The van der Waals surface area contributed by atoms with Gasteiger partial charge in [0.25, 0.3) is 11.5 Å². The Kier molecular flexibility index (Phi) is 6.10. The lowest BCUT2D eigenvalue weighted by molar-refractivity contribution is 0.790. The third-order valence-electron chi connectivity index (χ3n) is 6.68. The Morgan fingerprint density at radius 2 is 0.902 bits per heavy atom. The monoisotopic (exact) mass is 531 g/mol. The number of hydrogen-bond acceptors (Lipinski definition) is 7. The zero-order chi connectivity index (χ0) is 27.6. The molecule has 0 saturated carbocycles. The van der Waals surface area contributed by atoms with Gasteiger partial charge < -0.3 is 0 Å². The predicted octanol–water partition coefficient (Wildman–Crippen LogP) is 6.03. The SMILES string of the molecule is O=c1nc(-c2ccccc2)c(-c2ccccc2)nc2c1cnn2-c1nnc(-c2ccccc2)c(-c2ccccc2)n1. The summed E-state index contributed by atoms with van der Waals surface area (Å²) >= 11 is 0. The lowest BCUT2D eigenvalue weighted by atomic mass is 10.0. The molecule has 0 amide bonds. The van der Waals surface area contributed by atoms with Gasteiger partial charge in [0.05, 0.1) is 11.9 Å². The van der Waals surface area contributed by atoms with E-state index in [1.165, 1.54) is 10.9 Å². The van der Waals surface area contributed by atoms with Gasteiger partial charge in [-0.1, -0.05) is 121 Å². The van der Waals surface area contributed by atoms with Crippen LogP contribution in [0.2, 0.25) is 0 Å². The highest BCUT2D eigenvalue weighted by Gasteiger charge is 2.20. The van der Waals surface area contributed by atoms with E-state index >= 15 is 0 Å². The van der Waals surface area contributed by atoms with Crippen molar-refractivity contribution in [2.75, 3.05) is 0 Å². The molecule has 0 saturated heterocycles. The Hall–Kier alpha value is -5.89. The first-order chi connectivity index (χ1) is 20.3. The second-order valence-corrected chi connectivity index (χ2v) is 9.29. The molecule has 41 heavy (non-hydrogen) atoms. The predicted molar refractivity (Wildman–Crippen MR) is 158 cm³/mol. The summed E-state index contributed by atoms with van der Waals surface area (Å²) in [6.07, 6.45) is 1.46. The van der Waals surface area contributed by atoms with Crippen LogP contribution in [0.1, 0.15) is 0 Å². The largest absolute Gasteiger partial charge is 0.283 e. The van der Waals surface area contributed by atoms with Gasteiger partial charge in [0.15, 0.2) is 5.65 Å². The van der Waals surface area contributed by atoms with Crippen LogP contribution in [-0.2, 0) is 0 Å². The highest BCUT2D eigenvalue weighted by atomic mass is 16.1. The molecule has 0 aliphatic heterocycles. The van der Waals surface area contributed by atoms with Crippen molar-refractivity contribution < 1.29 is 0 Å². The van der Waals surface area contributed by atoms with Crippen molar-refractivity contribution in [3.05, 3.63) is 138 Å². The number of aromatic nitrogens is 7. The van der Waals surface area contributed by atoms with E-state index in [0.717, 1.165) is 22.3 Å². The maximum Gasteiger partial charge on any atom is 0.283 e. The van der Waals surface area contributed by atoms with Crippen molar-refractivity contribution in [3.8, 4) is 51.0 Å². The summed E-state index contributed by atoms with van der Waals surface area (Å²) < 4.78 is 1.45. The molecule has 8 nitrogen and oxygen atoms in total. The minimum absolute atomic E-state index is 0.192. The Balaban J connectivity index is 1.50. The smallest absolute Gasteiger partial charge is 0.267 e. The molecule has 0 aliphatic carbocycles. The molecule has 3 aromatic heterocycles. The maximum absolute atomic E-state index is 13.5. The van der Waals surface area contributed by atoms with Gasteiger partial charge in [-0.2, -0.15) is 9.78 Å². The molecule has 0 atom stereocenters. The summed E-state index contributed by atoms with van der Waals surface area (Å²) in [4.78, 5) is 27.9. The molecule has 0 aliphatic rings. The van der Waals surface area contributed by atoms with E-state index < -0.39 is 5.56 Å². The highest BCUT2D eigenvalue weighted by molar-refractivity contribution is 5.83. The van der Waals surface area contributed by atoms with Crippen LogP contribution in [0.15, 0.2) is 132 Å². The van der Waals surface area contributed by atoms with Crippen molar-refractivity contribution in [2.45, 2.75) is 0 Å². The minimum Gasteiger partial charge on any atom is -0.267 e. The molecule has 194 valence electrons. The molecule has 3 heterocycles. The molecule has 0 unspecified atom stereocenters. The number of fused-ring (bicyclic) bond motifs is 1. The van der Waals surface area contributed by atoms with Crippen LogP contribution in [-0.4, -0.2) is 34.9 Å². The summed E-state index contributed by atoms with van der Waals surface area (Å²) in [6, 6.07) is 38.8. The van der Waals surface area contributed by atoms with E-state index in [1.807, 2.05) is 121 Å². The topological polar surface area (TPSA) is 99.3 Å². The highest BCUT2D eigenvalue weighted by Crippen LogP contribution is 2.31. The van der Waals surface area contributed by atoms with Crippen LogP contribution < -0.4 is 5.56 Å². The van der Waals surface area contributed by atoms with Gasteiger partial charge in [-0.15, -0.1) is 10.2 Å². The second kappa shape index (κ2) is 10.3. The molecule has 7 aromatic rings. The lowest BCUT2D eigenvalue weighted by Gasteiger charge is -2.10. The molecule has 0 bridgehead atoms. The van der Waals surface area contributed by atoms with Gasteiger partial charge in [-0.25, -0.2) is 15.0 Å². The van der Waals surface area contributed by atoms with Gasteiger partial charge in [-0.3, -0.25) is 4.79 Å². The summed E-state index contributed by atoms with van der Waals surface area (Å²) in [5.74, 6) is 0.192. The van der Waals surface area contributed by atoms with Crippen LogP contribution in [0.25, 0.3) is 62.0 Å². The van der Waals surface area contributed by atoms with E-state index in [-0.39, 0.29) is 17.0 Å². The summed E-state index contributed by atoms with van der Waals surface area (Å²) in [5.41, 5.74) is 5.50. The minimum atomic E-state index is -0.447. The first-order valence-corrected chi connectivity index (χ1v) is 13.0. The average Bonchev–Trinajstić information content (AvgIpc) is 3.41. The number of rotatable bonds is 5. The molecule has 0 radical (unpaired) electrons. The summed E-state index contributed by atoms with van der Waals surface area (Å²) in [5, 5.41) is 13.7. The van der Waals surface area contributed by atoms with Crippen molar-refractivity contribution in [3.63, 3.8) is 0 Å². The Labute approximate surface area is 234 Å². The quantitative estimate of drug-likeness (QED) is 0.267. The van der Waals surface area contributed by atoms with Crippen molar-refractivity contribution in [2.24, 2.45) is 0 Å². The van der Waals surface area contributed by atoms with Crippen LogP contribution in [0.4, 0.5) is 0 Å². The summed E-state index contributed by atoms with van der Waals surface area (Å²) in [6.45, 7) is 0. The van der Waals surface area contributed by atoms with Crippen molar-refractivity contribution in [1.29, 1.82) is 0 Å². The average molecular weight is 532 g/mol. The van der Waals surface area contributed by atoms with Crippen LogP contribution >= 0.6 is 0 Å². The van der Waals surface area contributed by atoms with E-state index in [2.05, 4.69) is 20.3 Å².